The van der Waals surface area contributed by atoms with E-state index in [4.69, 9.17) is 29.0 Å². The fourth-order valence-corrected chi connectivity index (χ4v) is 2.10. The summed E-state index contributed by atoms with van der Waals surface area (Å²) in [7, 11) is 0. The Morgan fingerprint density at radius 3 is 2.72 bits per heavy atom. The lowest BCUT2D eigenvalue weighted by atomic mass is 10.0. The Morgan fingerprint density at radius 2 is 2.06 bits per heavy atom. The van der Waals surface area contributed by atoms with Crippen molar-refractivity contribution in [3.8, 4) is 0 Å². The van der Waals surface area contributed by atoms with Gasteiger partial charge in [-0.2, -0.15) is 10.2 Å². The molecular formula is C12H12Cl2N4. The molecule has 0 bridgehead atoms. The zero-order valence-corrected chi connectivity index (χ0v) is 11.0. The Bertz CT molecular complexity index is 519. The molecule has 1 aromatic heterocycles. The Labute approximate surface area is 115 Å². The number of nitrogens with one attached hydrogen (secondary N) is 1. The van der Waals surface area contributed by atoms with Gasteiger partial charge in [0.15, 0.2) is 0 Å². The number of nitrogens with zero attached hydrogens (tertiary/aromatic N) is 2. The Hall–Kier alpha value is -1.20. The summed E-state index contributed by atoms with van der Waals surface area (Å²) in [4.78, 5) is 0. The van der Waals surface area contributed by atoms with Gasteiger partial charge in [0, 0.05) is 6.20 Å². The fraction of sp³-hybridized carbons (Fsp3) is 0.167. The number of aromatic nitrogens is 2. The second kappa shape index (κ2) is 6.11. The number of hydrazine groups is 1. The van der Waals surface area contributed by atoms with Gasteiger partial charge in [-0.05, 0) is 29.7 Å². The van der Waals surface area contributed by atoms with Crippen molar-refractivity contribution in [2.24, 2.45) is 5.84 Å². The Balaban J connectivity index is 2.24. The molecular weight excluding hydrogens is 271 g/mol. The van der Waals surface area contributed by atoms with Crippen LogP contribution in [0.3, 0.4) is 0 Å². The minimum atomic E-state index is -0.0866. The maximum absolute atomic E-state index is 6.15. The van der Waals surface area contributed by atoms with E-state index < -0.39 is 0 Å². The highest BCUT2D eigenvalue weighted by Crippen LogP contribution is 2.28. The minimum absolute atomic E-state index is 0.0866. The average Bonchev–Trinajstić information content (AvgIpc) is 2.41. The number of benzene rings is 1. The van der Waals surface area contributed by atoms with Gasteiger partial charge in [-0.1, -0.05) is 35.3 Å². The maximum Gasteiger partial charge on any atom is 0.0624 e. The topological polar surface area (TPSA) is 63.8 Å². The highest BCUT2D eigenvalue weighted by atomic mass is 35.5. The number of halogens is 2. The first-order valence-corrected chi connectivity index (χ1v) is 6.13. The summed E-state index contributed by atoms with van der Waals surface area (Å²) in [6, 6.07) is 7.31. The van der Waals surface area contributed by atoms with Crippen LogP contribution in [0.1, 0.15) is 17.2 Å². The van der Waals surface area contributed by atoms with Crippen LogP contribution in [0, 0.1) is 0 Å². The molecule has 1 atom stereocenters. The van der Waals surface area contributed by atoms with E-state index in [2.05, 4.69) is 15.6 Å². The molecule has 0 aliphatic carbocycles. The fourth-order valence-electron chi connectivity index (χ4n) is 1.71. The Morgan fingerprint density at radius 1 is 1.22 bits per heavy atom. The van der Waals surface area contributed by atoms with Crippen LogP contribution in [0.2, 0.25) is 10.0 Å². The van der Waals surface area contributed by atoms with Gasteiger partial charge in [0.1, 0.15) is 0 Å². The van der Waals surface area contributed by atoms with Gasteiger partial charge in [-0.25, -0.2) is 0 Å². The van der Waals surface area contributed by atoms with E-state index in [9.17, 15) is 0 Å². The van der Waals surface area contributed by atoms with Crippen molar-refractivity contribution in [2.45, 2.75) is 12.5 Å². The normalized spacial score (nSPS) is 12.4. The molecule has 0 radical (unpaired) electrons. The molecule has 0 amide bonds. The van der Waals surface area contributed by atoms with Crippen molar-refractivity contribution < 1.29 is 0 Å². The lowest BCUT2D eigenvalue weighted by molar-refractivity contribution is 0.549. The number of hydrogen-bond donors (Lipinski definition) is 2. The molecule has 1 heterocycles. The molecule has 1 aromatic carbocycles. The van der Waals surface area contributed by atoms with Gasteiger partial charge in [-0.15, -0.1) is 0 Å². The van der Waals surface area contributed by atoms with Crippen LogP contribution in [0.25, 0.3) is 0 Å². The molecule has 1 unspecified atom stereocenters. The van der Waals surface area contributed by atoms with Gasteiger partial charge >= 0.3 is 0 Å². The molecule has 0 aliphatic rings. The number of nitrogens with two attached hydrogens (primary N) is 1. The smallest absolute Gasteiger partial charge is 0.0624 e. The zero-order chi connectivity index (χ0) is 13.0. The van der Waals surface area contributed by atoms with E-state index in [1.54, 1.807) is 18.5 Å². The van der Waals surface area contributed by atoms with Crippen LogP contribution < -0.4 is 11.3 Å². The van der Waals surface area contributed by atoms with Gasteiger partial charge in [0.25, 0.3) is 0 Å². The molecule has 4 nitrogen and oxygen atoms in total. The van der Waals surface area contributed by atoms with Crippen molar-refractivity contribution in [2.75, 3.05) is 0 Å². The molecule has 18 heavy (non-hydrogen) atoms. The maximum atomic E-state index is 6.15. The van der Waals surface area contributed by atoms with Crippen molar-refractivity contribution in [3.05, 3.63) is 57.8 Å². The third-order valence-corrected chi connectivity index (χ3v) is 3.52. The highest BCUT2D eigenvalue weighted by Gasteiger charge is 2.13. The Kier molecular flexibility index (Phi) is 4.49. The van der Waals surface area contributed by atoms with Crippen LogP contribution in [-0.4, -0.2) is 10.2 Å². The second-order valence-electron chi connectivity index (χ2n) is 3.81. The van der Waals surface area contributed by atoms with Crippen LogP contribution in [0.5, 0.6) is 0 Å². The standard InChI is InChI=1S/C12H12Cl2N4/c13-10-3-1-2-8(12(10)14)6-11(18-15)9-4-5-16-17-7-9/h1-5,7,11,18H,6,15H2. The van der Waals surface area contributed by atoms with E-state index >= 15 is 0 Å². The third-order valence-electron chi connectivity index (χ3n) is 2.67. The molecule has 94 valence electrons. The molecule has 0 aliphatic heterocycles. The summed E-state index contributed by atoms with van der Waals surface area (Å²) in [6.45, 7) is 0. The summed E-state index contributed by atoms with van der Waals surface area (Å²) in [5.41, 5.74) is 4.63. The van der Waals surface area contributed by atoms with Crippen LogP contribution in [-0.2, 0) is 6.42 Å². The van der Waals surface area contributed by atoms with Gasteiger partial charge in [0.05, 0.1) is 22.3 Å². The van der Waals surface area contributed by atoms with Crippen LogP contribution >= 0.6 is 23.2 Å². The molecule has 3 N–H and O–H groups in total. The van der Waals surface area contributed by atoms with Crippen molar-refractivity contribution >= 4 is 23.2 Å². The van der Waals surface area contributed by atoms with E-state index in [1.165, 1.54) is 0 Å². The van der Waals surface area contributed by atoms with E-state index in [0.717, 1.165) is 11.1 Å². The molecule has 2 aromatic rings. The molecule has 0 saturated heterocycles. The summed E-state index contributed by atoms with van der Waals surface area (Å²) >= 11 is 12.1. The SMILES string of the molecule is NNC(Cc1cccc(Cl)c1Cl)c1ccnnc1. The van der Waals surface area contributed by atoms with E-state index in [1.807, 2.05) is 18.2 Å². The van der Waals surface area contributed by atoms with Gasteiger partial charge in [-0.3, -0.25) is 11.3 Å². The number of rotatable bonds is 4. The van der Waals surface area contributed by atoms with Crippen molar-refractivity contribution in [1.29, 1.82) is 0 Å². The summed E-state index contributed by atoms with van der Waals surface area (Å²) in [5.74, 6) is 5.57. The predicted molar refractivity (Wildman–Crippen MR) is 72.3 cm³/mol. The predicted octanol–water partition coefficient (Wildman–Crippen LogP) is 2.53. The van der Waals surface area contributed by atoms with Gasteiger partial charge < -0.3 is 0 Å². The molecule has 0 saturated carbocycles. The largest absolute Gasteiger partial charge is 0.271 e. The quantitative estimate of drug-likeness (QED) is 0.668. The van der Waals surface area contributed by atoms with Crippen LogP contribution in [0.4, 0.5) is 0 Å². The average molecular weight is 283 g/mol. The summed E-state index contributed by atoms with van der Waals surface area (Å²) in [5, 5.41) is 8.66. The summed E-state index contributed by atoms with van der Waals surface area (Å²) in [6.07, 6.45) is 3.92. The lowest BCUT2D eigenvalue weighted by Crippen LogP contribution is -2.29. The van der Waals surface area contributed by atoms with Crippen molar-refractivity contribution in [1.82, 2.24) is 15.6 Å². The third kappa shape index (κ3) is 2.97. The lowest BCUT2D eigenvalue weighted by Gasteiger charge is -2.16. The summed E-state index contributed by atoms with van der Waals surface area (Å²) < 4.78 is 0. The minimum Gasteiger partial charge on any atom is -0.271 e. The number of hydrogen-bond acceptors (Lipinski definition) is 4. The van der Waals surface area contributed by atoms with E-state index in [-0.39, 0.29) is 6.04 Å². The highest BCUT2D eigenvalue weighted by molar-refractivity contribution is 6.42. The molecule has 0 spiro atoms. The molecule has 2 rings (SSSR count). The monoisotopic (exact) mass is 282 g/mol. The first-order chi connectivity index (χ1) is 8.72. The van der Waals surface area contributed by atoms with Crippen molar-refractivity contribution in [3.63, 3.8) is 0 Å². The molecule has 6 heteroatoms. The first kappa shape index (κ1) is 13.2. The van der Waals surface area contributed by atoms with E-state index in [0.29, 0.717) is 16.5 Å². The molecule has 0 fully saturated rings. The van der Waals surface area contributed by atoms with Gasteiger partial charge in [0.2, 0.25) is 0 Å². The zero-order valence-electron chi connectivity index (χ0n) is 9.48. The second-order valence-corrected chi connectivity index (χ2v) is 4.60. The first-order valence-electron chi connectivity index (χ1n) is 5.38. The van der Waals surface area contributed by atoms with Crippen LogP contribution in [0.15, 0.2) is 36.7 Å².